The second-order valence-corrected chi connectivity index (χ2v) is 4.42. The van der Waals surface area contributed by atoms with Crippen molar-refractivity contribution in [3.8, 4) is 0 Å². The molecular weight excluding hydrogens is 202 g/mol. The summed E-state index contributed by atoms with van der Waals surface area (Å²) >= 11 is 0. The lowest BCUT2D eigenvalue weighted by Crippen LogP contribution is -2.42. The van der Waals surface area contributed by atoms with Gasteiger partial charge in [-0.25, -0.2) is 9.97 Å². The molecule has 0 spiro atoms. The van der Waals surface area contributed by atoms with E-state index in [2.05, 4.69) is 14.9 Å². The van der Waals surface area contributed by atoms with E-state index in [0.29, 0.717) is 12.6 Å². The molecule has 0 unspecified atom stereocenters. The Morgan fingerprint density at radius 2 is 2.12 bits per heavy atom. The molecule has 1 fully saturated rings. The van der Waals surface area contributed by atoms with Crippen molar-refractivity contribution in [2.75, 3.05) is 18.1 Å². The second-order valence-electron chi connectivity index (χ2n) is 4.42. The third kappa shape index (κ3) is 2.32. The van der Waals surface area contributed by atoms with Gasteiger partial charge < -0.3 is 10.0 Å². The summed E-state index contributed by atoms with van der Waals surface area (Å²) in [4.78, 5) is 11.0. The van der Waals surface area contributed by atoms with E-state index in [4.69, 9.17) is 5.11 Å². The molecule has 1 aromatic rings. The Hall–Kier alpha value is -1.16. The van der Waals surface area contributed by atoms with E-state index < -0.39 is 0 Å². The highest BCUT2D eigenvalue weighted by atomic mass is 16.3. The molecule has 2 rings (SSSR count). The van der Waals surface area contributed by atoms with Crippen molar-refractivity contribution in [3.63, 3.8) is 0 Å². The molecular formula is C12H19N3O. The van der Waals surface area contributed by atoms with Gasteiger partial charge in [0.2, 0.25) is 0 Å². The molecule has 16 heavy (non-hydrogen) atoms. The molecule has 1 aliphatic rings. The zero-order valence-electron chi connectivity index (χ0n) is 9.98. The van der Waals surface area contributed by atoms with E-state index in [1.807, 2.05) is 19.9 Å². The highest BCUT2D eigenvalue weighted by Gasteiger charge is 2.25. The molecule has 0 radical (unpaired) electrons. The number of aliphatic hydroxyl groups excluding tert-OH is 1. The lowest BCUT2D eigenvalue weighted by Gasteiger charge is -2.38. The number of aryl methyl sites for hydroxylation is 2. The van der Waals surface area contributed by atoms with Crippen molar-refractivity contribution in [2.24, 2.45) is 0 Å². The van der Waals surface area contributed by atoms with Gasteiger partial charge >= 0.3 is 0 Å². The Morgan fingerprint density at radius 1 is 1.38 bits per heavy atom. The van der Waals surface area contributed by atoms with Crippen LogP contribution in [-0.2, 0) is 0 Å². The average molecular weight is 221 g/mol. The number of hydrogen-bond donors (Lipinski definition) is 1. The smallest absolute Gasteiger partial charge is 0.132 e. The molecule has 0 aliphatic heterocycles. The normalized spacial score (nSPS) is 15.9. The third-order valence-corrected chi connectivity index (χ3v) is 3.10. The minimum Gasteiger partial charge on any atom is -0.395 e. The Balaban J connectivity index is 2.22. The van der Waals surface area contributed by atoms with Crippen molar-refractivity contribution in [1.82, 2.24) is 9.97 Å². The van der Waals surface area contributed by atoms with Crippen LogP contribution in [-0.4, -0.2) is 34.3 Å². The van der Waals surface area contributed by atoms with Crippen LogP contribution in [0.2, 0.25) is 0 Å². The first-order chi connectivity index (χ1) is 7.70. The number of rotatable bonds is 4. The average Bonchev–Trinajstić information content (AvgIpc) is 2.12. The van der Waals surface area contributed by atoms with Crippen molar-refractivity contribution >= 4 is 5.82 Å². The molecule has 0 amide bonds. The summed E-state index contributed by atoms with van der Waals surface area (Å²) in [5, 5.41) is 9.12. The maximum absolute atomic E-state index is 9.12. The van der Waals surface area contributed by atoms with E-state index in [9.17, 15) is 0 Å². The SMILES string of the molecule is Cc1cc(N(CCO)C2CCC2)nc(C)n1. The molecule has 88 valence electrons. The van der Waals surface area contributed by atoms with Crippen molar-refractivity contribution < 1.29 is 5.11 Å². The molecule has 0 saturated heterocycles. The van der Waals surface area contributed by atoms with Gasteiger partial charge in [0, 0.05) is 24.3 Å². The fourth-order valence-electron chi connectivity index (χ4n) is 2.13. The first-order valence-electron chi connectivity index (χ1n) is 5.90. The summed E-state index contributed by atoms with van der Waals surface area (Å²) in [6, 6.07) is 2.56. The van der Waals surface area contributed by atoms with Crippen LogP contribution in [0, 0.1) is 13.8 Å². The van der Waals surface area contributed by atoms with Gasteiger partial charge in [-0.15, -0.1) is 0 Å². The van der Waals surface area contributed by atoms with E-state index in [-0.39, 0.29) is 6.61 Å². The summed E-state index contributed by atoms with van der Waals surface area (Å²) in [7, 11) is 0. The van der Waals surface area contributed by atoms with Crippen LogP contribution in [0.1, 0.15) is 30.8 Å². The standard InChI is InChI=1S/C12H19N3O/c1-9-8-12(14-10(2)13-9)15(6-7-16)11-4-3-5-11/h8,11,16H,3-7H2,1-2H3. The summed E-state index contributed by atoms with van der Waals surface area (Å²) in [5.74, 6) is 1.76. The molecule has 4 heteroatoms. The predicted molar refractivity (Wildman–Crippen MR) is 63.6 cm³/mol. The largest absolute Gasteiger partial charge is 0.395 e. The minimum atomic E-state index is 0.179. The fourth-order valence-corrected chi connectivity index (χ4v) is 2.13. The molecule has 1 saturated carbocycles. The minimum absolute atomic E-state index is 0.179. The Kier molecular flexibility index (Phi) is 3.39. The van der Waals surface area contributed by atoms with Gasteiger partial charge in [-0.05, 0) is 33.1 Å². The van der Waals surface area contributed by atoms with Crippen LogP contribution in [0.25, 0.3) is 0 Å². The van der Waals surface area contributed by atoms with Crippen LogP contribution in [0.4, 0.5) is 5.82 Å². The van der Waals surface area contributed by atoms with Crippen LogP contribution >= 0.6 is 0 Å². The molecule has 0 atom stereocenters. The Labute approximate surface area is 96.3 Å². The monoisotopic (exact) mass is 221 g/mol. The number of anilines is 1. The second kappa shape index (κ2) is 4.78. The quantitative estimate of drug-likeness (QED) is 0.836. The van der Waals surface area contributed by atoms with Gasteiger partial charge in [0.15, 0.2) is 0 Å². The zero-order chi connectivity index (χ0) is 11.5. The molecule has 0 aromatic carbocycles. The molecule has 0 bridgehead atoms. The molecule has 1 aliphatic carbocycles. The van der Waals surface area contributed by atoms with Gasteiger partial charge in [0.05, 0.1) is 6.61 Å². The van der Waals surface area contributed by atoms with Crippen molar-refractivity contribution in [2.45, 2.75) is 39.2 Å². The summed E-state index contributed by atoms with van der Waals surface area (Å²) in [6.45, 7) is 4.74. The molecule has 1 aromatic heterocycles. The number of nitrogens with zero attached hydrogens (tertiary/aromatic N) is 3. The number of aromatic nitrogens is 2. The first kappa shape index (κ1) is 11.3. The number of aliphatic hydroxyl groups is 1. The Bertz CT molecular complexity index is 343. The summed E-state index contributed by atoms with van der Waals surface area (Å²) in [6.07, 6.45) is 3.71. The highest BCUT2D eigenvalue weighted by molar-refractivity contribution is 5.41. The van der Waals surface area contributed by atoms with Gasteiger partial charge in [0.25, 0.3) is 0 Å². The van der Waals surface area contributed by atoms with Crippen LogP contribution in [0.5, 0.6) is 0 Å². The summed E-state index contributed by atoms with van der Waals surface area (Å²) in [5.41, 5.74) is 0.991. The third-order valence-electron chi connectivity index (χ3n) is 3.10. The van der Waals surface area contributed by atoms with Gasteiger partial charge in [0.1, 0.15) is 11.6 Å². The van der Waals surface area contributed by atoms with Crippen molar-refractivity contribution in [1.29, 1.82) is 0 Å². The van der Waals surface area contributed by atoms with Crippen LogP contribution in [0.15, 0.2) is 6.07 Å². The molecule has 1 heterocycles. The van der Waals surface area contributed by atoms with Crippen molar-refractivity contribution in [3.05, 3.63) is 17.6 Å². The first-order valence-corrected chi connectivity index (χ1v) is 5.90. The maximum Gasteiger partial charge on any atom is 0.132 e. The van der Waals surface area contributed by atoms with Gasteiger partial charge in [-0.3, -0.25) is 0 Å². The van der Waals surface area contributed by atoms with Gasteiger partial charge in [-0.2, -0.15) is 0 Å². The van der Waals surface area contributed by atoms with Gasteiger partial charge in [-0.1, -0.05) is 0 Å². The van der Waals surface area contributed by atoms with Crippen LogP contribution < -0.4 is 4.90 Å². The van der Waals surface area contributed by atoms with E-state index in [1.54, 1.807) is 0 Å². The highest BCUT2D eigenvalue weighted by Crippen LogP contribution is 2.28. The number of hydrogen-bond acceptors (Lipinski definition) is 4. The summed E-state index contributed by atoms with van der Waals surface area (Å²) < 4.78 is 0. The Morgan fingerprint density at radius 3 is 2.62 bits per heavy atom. The lowest BCUT2D eigenvalue weighted by molar-refractivity contribution is 0.283. The van der Waals surface area contributed by atoms with E-state index in [0.717, 1.165) is 17.3 Å². The fraction of sp³-hybridized carbons (Fsp3) is 0.667. The topological polar surface area (TPSA) is 49.2 Å². The maximum atomic E-state index is 9.12. The molecule has 1 N–H and O–H groups in total. The zero-order valence-corrected chi connectivity index (χ0v) is 9.98. The predicted octanol–water partition coefficient (Wildman–Crippen LogP) is 1.44. The van der Waals surface area contributed by atoms with E-state index >= 15 is 0 Å². The molecule has 4 nitrogen and oxygen atoms in total. The van der Waals surface area contributed by atoms with Crippen LogP contribution in [0.3, 0.4) is 0 Å². The van der Waals surface area contributed by atoms with E-state index in [1.165, 1.54) is 19.3 Å². The lowest BCUT2D eigenvalue weighted by atomic mass is 9.91.